The molecule has 3 aromatic rings. The Morgan fingerprint density at radius 3 is 2.35 bits per heavy atom. The summed E-state index contributed by atoms with van der Waals surface area (Å²) in [6, 6.07) is 20.3. The van der Waals surface area contributed by atoms with Gasteiger partial charge in [-0.05, 0) is 66.8 Å². The van der Waals surface area contributed by atoms with E-state index in [4.69, 9.17) is 16.3 Å². The van der Waals surface area contributed by atoms with Crippen LogP contribution in [0.25, 0.3) is 0 Å². The van der Waals surface area contributed by atoms with Gasteiger partial charge in [-0.1, -0.05) is 60.1 Å². The highest BCUT2D eigenvalue weighted by atomic mass is 35.5. The van der Waals surface area contributed by atoms with Gasteiger partial charge in [0.2, 0.25) is 5.91 Å². The van der Waals surface area contributed by atoms with Crippen molar-refractivity contribution in [3.8, 4) is 5.75 Å². The van der Waals surface area contributed by atoms with E-state index in [1.165, 1.54) is 0 Å². The Hall–Kier alpha value is -3.31. The van der Waals surface area contributed by atoms with Crippen molar-refractivity contribution in [2.45, 2.75) is 39.8 Å². The molecule has 2 amide bonds. The van der Waals surface area contributed by atoms with Crippen molar-refractivity contribution in [1.29, 1.82) is 0 Å². The molecule has 0 bridgehead atoms. The van der Waals surface area contributed by atoms with E-state index in [9.17, 15) is 9.59 Å². The molecule has 6 heteroatoms. The van der Waals surface area contributed by atoms with Gasteiger partial charge in [0.1, 0.15) is 11.8 Å². The summed E-state index contributed by atoms with van der Waals surface area (Å²) in [5.41, 5.74) is 4.96. The number of hydrogen-bond donors (Lipinski definition) is 1. The second-order valence-corrected chi connectivity index (χ2v) is 8.90. The summed E-state index contributed by atoms with van der Waals surface area (Å²) in [5, 5.41) is 3.29. The molecule has 0 aliphatic carbocycles. The highest BCUT2D eigenvalue weighted by Crippen LogP contribution is 2.24. The maximum Gasteiger partial charge on any atom is 0.261 e. The Morgan fingerprint density at radius 1 is 0.971 bits per heavy atom. The van der Waals surface area contributed by atoms with Crippen molar-refractivity contribution in [3.05, 3.63) is 99.6 Å². The monoisotopic (exact) mass is 478 g/mol. The highest BCUT2D eigenvalue weighted by molar-refractivity contribution is 6.30. The molecule has 178 valence electrons. The first-order valence-corrected chi connectivity index (χ1v) is 11.7. The van der Waals surface area contributed by atoms with Crippen LogP contribution in [0.2, 0.25) is 5.02 Å². The van der Waals surface area contributed by atoms with E-state index >= 15 is 0 Å². The zero-order valence-corrected chi connectivity index (χ0v) is 20.9. The average Bonchev–Trinajstić information content (AvgIpc) is 2.82. The molecule has 0 aliphatic rings. The number of carbonyl (C=O) groups excluding carboxylic acids is 2. The van der Waals surface area contributed by atoms with Gasteiger partial charge in [-0.2, -0.15) is 0 Å². The first-order chi connectivity index (χ1) is 16.3. The molecule has 5 nitrogen and oxygen atoms in total. The number of carbonyl (C=O) groups is 2. The molecule has 0 fully saturated rings. The second-order valence-electron chi connectivity index (χ2n) is 8.46. The lowest BCUT2D eigenvalue weighted by Crippen LogP contribution is -2.51. The molecule has 0 saturated carbocycles. The number of benzene rings is 3. The molecule has 0 aromatic heterocycles. The molecule has 0 spiro atoms. The van der Waals surface area contributed by atoms with Gasteiger partial charge in [0, 0.05) is 25.0 Å². The Kier molecular flexibility index (Phi) is 8.72. The van der Waals surface area contributed by atoms with E-state index < -0.39 is 6.04 Å². The number of hydrogen-bond acceptors (Lipinski definition) is 3. The normalized spacial score (nSPS) is 11.6. The molecule has 0 aliphatic heterocycles. The third kappa shape index (κ3) is 6.61. The Labute approximate surface area is 206 Å². The number of aryl methyl sites for hydroxylation is 2. The van der Waals surface area contributed by atoms with Crippen molar-refractivity contribution in [2.24, 2.45) is 0 Å². The second kappa shape index (κ2) is 11.7. The minimum absolute atomic E-state index is 0.174. The largest absolute Gasteiger partial charge is 0.483 e. The number of ether oxygens (including phenoxy) is 1. The predicted octanol–water partition coefficient (Wildman–Crippen LogP) is 5.03. The molecular weight excluding hydrogens is 448 g/mol. The van der Waals surface area contributed by atoms with Crippen molar-refractivity contribution in [2.75, 3.05) is 13.7 Å². The molecule has 3 rings (SSSR count). The molecule has 0 saturated heterocycles. The van der Waals surface area contributed by atoms with Crippen LogP contribution in [0.4, 0.5) is 0 Å². The summed E-state index contributed by atoms with van der Waals surface area (Å²) < 4.78 is 5.97. The number of rotatable bonds is 9. The van der Waals surface area contributed by atoms with Crippen LogP contribution < -0.4 is 10.1 Å². The Morgan fingerprint density at radius 2 is 1.68 bits per heavy atom. The molecule has 3 aromatic carbocycles. The molecular formula is C28H31ClN2O3. The fourth-order valence-electron chi connectivity index (χ4n) is 3.93. The van der Waals surface area contributed by atoms with Crippen molar-refractivity contribution in [3.63, 3.8) is 0 Å². The fourth-order valence-corrected chi connectivity index (χ4v) is 4.14. The summed E-state index contributed by atoms with van der Waals surface area (Å²) in [7, 11) is 1.58. The molecule has 34 heavy (non-hydrogen) atoms. The van der Waals surface area contributed by atoms with Gasteiger partial charge in [0.05, 0.1) is 0 Å². The van der Waals surface area contributed by atoms with E-state index in [1.807, 2.05) is 69.3 Å². The zero-order chi connectivity index (χ0) is 24.7. The van der Waals surface area contributed by atoms with Crippen LogP contribution in [0.15, 0.2) is 66.7 Å². The van der Waals surface area contributed by atoms with Crippen molar-refractivity contribution >= 4 is 23.4 Å². The van der Waals surface area contributed by atoms with Gasteiger partial charge in [0.15, 0.2) is 6.61 Å². The highest BCUT2D eigenvalue weighted by Gasteiger charge is 2.30. The lowest BCUT2D eigenvalue weighted by molar-refractivity contribution is -0.142. The van der Waals surface area contributed by atoms with Crippen LogP contribution in [0, 0.1) is 20.8 Å². The van der Waals surface area contributed by atoms with Gasteiger partial charge < -0.3 is 15.0 Å². The summed E-state index contributed by atoms with van der Waals surface area (Å²) in [5.74, 6) is 0.165. The quantitative estimate of drug-likeness (QED) is 0.469. The smallest absolute Gasteiger partial charge is 0.261 e. The molecule has 0 heterocycles. The molecule has 0 radical (unpaired) electrons. The summed E-state index contributed by atoms with van der Waals surface area (Å²) in [6.45, 7) is 6.05. The Bertz CT molecular complexity index is 1150. The third-order valence-corrected chi connectivity index (χ3v) is 6.11. The van der Waals surface area contributed by atoms with Crippen LogP contribution in [0.3, 0.4) is 0 Å². The lowest BCUT2D eigenvalue weighted by atomic mass is 10.0. The number of halogens is 1. The maximum atomic E-state index is 13.5. The van der Waals surface area contributed by atoms with Gasteiger partial charge >= 0.3 is 0 Å². The van der Waals surface area contributed by atoms with Crippen LogP contribution in [0.5, 0.6) is 5.75 Å². The van der Waals surface area contributed by atoms with Crippen molar-refractivity contribution < 1.29 is 14.3 Å². The summed E-state index contributed by atoms with van der Waals surface area (Å²) in [4.78, 5) is 28.1. The van der Waals surface area contributed by atoms with Crippen molar-refractivity contribution in [1.82, 2.24) is 10.2 Å². The average molecular weight is 479 g/mol. The maximum absolute atomic E-state index is 13.5. The van der Waals surface area contributed by atoms with Gasteiger partial charge in [-0.3, -0.25) is 9.59 Å². The third-order valence-electron chi connectivity index (χ3n) is 5.87. The van der Waals surface area contributed by atoms with E-state index in [1.54, 1.807) is 24.1 Å². The van der Waals surface area contributed by atoms with E-state index in [0.717, 1.165) is 27.8 Å². The van der Waals surface area contributed by atoms with E-state index in [2.05, 4.69) is 11.4 Å². The summed E-state index contributed by atoms with van der Waals surface area (Å²) in [6.07, 6.45) is 0.384. The molecule has 1 atom stereocenters. The van der Waals surface area contributed by atoms with E-state index in [-0.39, 0.29) is 25.0 Å². The standard InChI is InChI=1S/C28H31ClN2O3/c1-19-13-20(2)21(3)26(14-19)34-18-27(32)31(17-23-11-8-12-24(29)15-23)25(28(33)30-4)16-22-9-6-5-7-10-22/h5-15,25H,16-18H2,1-4H3,(H,30,33)/t25-/m0/s1. The number of nitrogens with zero attached hydrogens (tertiary/aromatic N) is 1. The van der Waals surface area contributed by atoms with Crippen LogP contribution in [-0.4, -0.2) is 36.4 Å². The molecule has 0 unspecified atom stereocenters. The van der Waals surface area contributed by atoms with Gasteiger partial charge in [-0.15, -0.1) is 0 Å². The lowest BCUT2D eigenvalue weighted by Gasteiger charge is -2.31. The topological polar surface area (TPSA) is 58.6 Å². The molecule has 1 N–H and O–H groups in total. The fraction of sp³-hybridized carbons (Fsp3) is 0.286. The minimum atomic E-state index is -0.706. The summed E-state index contributed by atoms with van der Waals surface area (Å²) >= 11 is 6.19. The van der Waals surface area contributed by atoms with Crippen LogP contribution >= 0.6 is 11.6 Å². The number of likely N-dealkylation sites (N-methyl/N-ethyl adjacent to an activating group) is 1. The van der Waals surface area contributed by atoms with E-state index in [0.29, 0.717) is 17.2 Å². The van der Waals surface area contributed by atoms with Crippen LogP contribution in [-0.2, 0) is 22.6 Å². The first kappa shape index (κ1) is 25.3. The zero-order valence-electron chi connectivity index (χ0n) is 20.1. The van der Waals surface area contributed by atoms with Gasteiger partial charge in [0.25, 0.3) is 5.91 Å². The SMILES string of the molecule is CNC(=O)[C@H](Cc1ccccc1)N(Cc1cccc(Cl)c1)C(=O)COc1cc(C)cc(C)c1C. The number of amides is 2. The van der Waals surface area contributed by atoms with Crippen LogP contribution in [0.1, 0.15) is 27.8 Å². The van der Waals surface area contributed by atoms with Gasteiger partial charge in [-0.25, -0.2) is 0 Å². The Balaban J connectivity index is 1.90. The number of nitrogens with one attached hydrogen (secondary N) is 1. The first-order valence-electron chi connectivity index (χ1n) is 11.3. The predicted molar refractivity (Wildman–Crippen MR) is 136 cm³/mol. The minimum Gasteiger partial charge on any atom is -0.483 e.